The van der Waals surface area contributed by atoms with Gasteiger partial charge in [-0.15, -0.1) is 0 Å². The zero-order valence-electron chi connectivity index (χ0n) is 17.7. The van der Waals surface area contributed by atoms with Gasteiger partial charge in [-0.3, -0.25) is 14.6 Å². The van der Waals surface area contributed by atoms with E-state index in [-0.39, 0.29) is 41.2 Å². The number of fused-ring (bicyclic) bond motifs is 1. The van der Waals surface area contributed by atoms with Crippen molar-refractivity contribution in [3.8, 4) is 0 Å². The van der Waals surface area contributed by atoms with Crippen LogP contribution in [0.25, 0.3) is 10.9 Å². The number of carbonyl (C=O) groups is 1. The molecule has 2 fully saturated rings. The first-order valence-corrected chi connectivity index (χ1v) is 10.8. The summed E-state index contributed by atoms with van der Waals surface area (Å²) in [5.41, 5.74) is 6.61. The molecule has 0 saturated heterocycles. The molecular formula is C24H23F4N3O2. The number of benzene rings is 1. The number of nitrogens with zero attached hydrogens (tertiary/aromatic N) is 1. The molecule has 1 amide bonds. The maximum atomic E-state index is 13.9. The van der Waals surface area contributed by atoms with Crippen molar-refractivity contribution in [2.24, 2.45) is 5.73 Å². The molecule has 0 aliphatic heterocycles. The van der Waals surface area contributed by atoms with Crippen LogP contribution in [0.15, 0.2) is 41.5 Å². The summed E-state index contributed by atoms with van der Waals surface area (Å²) in [5, 5.41) is 0.238. The SMILES string of the molecule is Fc1ccc(C2CCC(F)(F)CC2)c(C2CC2)c1F.NC(=O)c1nccc2[nH]ccc(=O)c12. The predicted octanol–water partition coefficient (Wildman–Crippen LogP) is 5.16. The maximum absolute atomic E-state index is 13.9. The number of pyridine rings is 2. The van der Waals surface area contributed by atoms with Gasteiger partial charge < -0.3 is 10.7 Å². The number of alkyl halides is 2. The lowest BCUT2D eigenvalue weighted by atomic mass is 9.79. The fourth-order valence-corrected chi connectivity index (χ4v) is 4.38. The van der Waals surface area contributed by atoms with Gasteiger partial charge in [0.25, 0.3) is 5.91 Å². The van der Waals surface area contributed by atoms with Crippen LogP contribution < -0.4 is 11.2 Å². The van der Waals surface area contributed by atoms with Gasteiger partial charge in [-0.25, -0.2) is 17.6 Å². The molecule has 0 atom stereocenters. The van der Waals surface area contributed by atoms with Gasteiger partial charge in [-0.1, -0.05) is 6.07 Å². The van der Waals surface area contributed by atoms with E-state index in [1.54, 1.807) is 12.1 Å². The highest BCUT2D eigenvalue weighted by atomic mass is 19.3. The smallest absolute Gasteiger partial charge is 0.268 e. The molecule has 5 rings (SSSR count). The number of aromatic amines is 1. The van der Waals surface area contributed by atoms with Gasteiger partial charge in [0.1, 0.15) is 5.69 Å². The first-order chi connectivity index (χ1) is 15.7. The fourth-order valence-electron chi connectivity index (χ4n) is 4.38. The molecule has 174 valence electrons. The zero-order chi connectivity index (χ0) is 23.8. The van der Waals surface area contributed by atoms with Crippen molar-refractivity contribution in [3.05, 3.63) is 75.3 Å². The lowest BCUT2D eigenvalue weighted by Crippen LogP contribution is -2.24. The van der Waals surface area contributed by atoms with E-state index in [9.17, 15) is 27.2 Å². The molecule has 9 heteroatoms. The van der Waals surface area contributed by atoms with E-state index in [0.29, 0.717) is 23.9 Å². The number of amides is 1. The lowest BCUT2D eigenvalue weighted by Gasteiger charge is -2.30. The largest absolute Gasteiger partial charge is 0.364 e. The Morgan fingerprint density at radius 2 is 1.73 bits per heavy atom. The van der Waals surface area contributed by atoms with Crippen molar-refractivity contribution < 1.29 is 22.4 Å². The van der Waals surface area contributed by atoms with Gasteiger partial charge in [0.15, 0.2) is 17.1 Å². The van der Waals surface area contributed by atoms with Gasteiger partial charge in [0, 0.05) is 31.3 Å². The number of hydrogen-bond donors (Lipinski definition) is 2. The molecule has 0 radical (unpaired) electrons. The Labute approximate surface area is 187 Å². The third-order valence-electron chi connectivity index (χ3n) is 6.21. The highest BCUT2D eigenvalue weighted by Crippen LogP contribution is 2.48. The number of primary amides is 1. The minimum absolute atomic E-state index is 0.00403. The first-order valence-electron chi connectivity index (χ1n) is 10.8. The second kappa shape index (κ2) is 8.96. The van der Waals surface area contributed by atoms with Crippen molar-refractivity contribution in [2.45, 2.75) is 56.3 Å². The quantitative estimate of drug-likeness (QED) is 0.528. The van der Waals surface area contributed by atoms with Crippen LogP contribution in [-0.2, 0) is 0 Å². The van der Waals surface area contributed by atoms with E-state index < -0.39 is 23.5 Å². The Kier molecular flexibility index (Phi) is 6.23. The minimum atomic E-state index is -2.59. The van der Waals surface area contributed by atoms with Gasteiger partial charge in [-0.2, -0.15) is 0 Å². The van der Waals surface area contributed by atoms with E-state index in [1.165, 1.54) is 18.5 Å². The second-order valence-corrected chi connectivity index (χ2v) is 8.56. The number of H-pyrrole nitrogens is 1. The molecule has 1 aromatic carbocycles. The third kappa shape index (κ3) is 4.91. The topological polar surface area (TPSA) is 88.8 Å². The summed E-state index contributed by atoms with van der Waals surface area (Å²) in [6.45, 7) is 0. The number of hydrogen-bond acceptors (Lipinski definition) is 3. The molecule has 2 saturated carbocycles. The molecule has 5 nitrogen and oxygen atoms in total. The lowest BCUT2D eigenvalue weighted by molar-refractivity contribution is -0.0383. The van der Waals surface area contributed by atoms with Crippen molar-refractivity contribution in [3.63, 3.8) is 0 Å². The zero-order valence-corrected chi connectivity index (χ0v) is 17.7. The molecule has 2 aliphatic carbocycles. The van der Waals surface area contributed by atoms with Gasteiger partial charge >= 0.3 is 0 Å². The first kappa shape index (κ1) is 22.9. The Morgan fingerprint density at radius 1 is 1.03 bits per heavy atom. The number of carbonyl (C=O) groups excluding carboxylic acids is 1. The average molecular weight is 461 g/mol. The molecule has 3 N–H and O–H groups in total. The van der Waals surface area contributed by atoms with E-state index in [4.69, 9.17) is 5.73 Å². The van der Waals surface area contributed by atoms with Crippen molar-refractivity contribution in [1.82, 2.24) is 9.97 Å². The van der Waals surface area contributed by atoms with Crippen molar-refractivity contribution >= 4 is 16.8 Å². The van der Waals surface area contributed by atoms with Crippen LogP contribution in [0, 0.1) is 11.6 Å². The molecule has 0 bridgehead atoms. The number of nitrogens with one attached hydrogen (secondary N) is 1. The van der Waals surface area contributed by atoms with Crippen LogP contribution >= 0.6 is 0 Å². The molecule has 2 aliphatic rings. The molecule has 0 spiro atoms. The van der Waals surface area contributed by atoms with Crippen molar-refractivity contribution in [1.29, 1.82) is 0 Å². The summed E-state index contributed by atoms with van der Waals surface area (Å²) in [7, 11) is 0. The Morgan fingerprint density at radius 3 is 2.36 bits per heavy atom. The van der Waals surface area contributed by atoms with E-state index in [2.05, 4.69) is 9.97 Å². The Balaban J connectivity index is 0.000000165. The summed E-state index contributed by atoms with van der Waals surface area (Å²) >= 11 is 0. The maximum Gasteiger partial charge on any atom is 0.268 e. The molecule has 2 heterocycles. The number of rotatable bonds is 3. The van der Waals surface area contributed by atoms with Gasteiger partial charge in [0.05, 0.1) is 10.9 Å². The molecular weight excluding hydrogens is 438 g/mol. The van der Waals surface area contributed by atoms with Crippen LogP contribution in [-0.4, -0.2) is 21.8 Å². The minimum Gasteiger partial charge on any atom is -0.364 e. The predicted molar refractivity (Wildman–Crippen MR) is 115 cm³/mol. The number of halogens is 4. The van der Waals surface area contributed by atoms with E-state index in [0.717, 1.165) is 24.5 Å². The summed E-state index contributed by atoms with van der Waals surface area (Å²) < 4.78 is 53.6. The fraction of sp³-hybridized carbons (Fsp3) is 0.375. The average Bonchev–Trinajstić information content (AvgIpc) is 3.61. The highest BCUT2D eigenvalue weighted by Gasteiger charge is 2.38. The molecule has 2 aromatic heterocycles. The molecule has 0 unspecified atom stereocenters. The van der Waals surface area contributed by atoms with E-state index in [1.807, 2.05) is 0 Å². The van der Waals surface area contributed by atoms with Gasteiger partial charge in [-0.05, 0) is 60.8 Å². The Hall–Kier alpha value is -3.23. The molecule has 33 heavy (non-hydrogen) atoms. The number of nitrogens with two attached hydrogens (primary N) is 1. The van der Waals surface area contributed by atoms with Gasteiger partial charge in [0.2, 0.25) is 5.92 Å². The summed E-state index contributed by atoms with van der Waals surface area (Å²) in [6, 6.07) is 5.67. The monoisotopic (exact) mass is 461 g/mol. The third-order valence-corrected chi connectivity index (χ3v) is 6.21. The second-order valence-electron chi connectivity index (χ2n) is 8.56. The molecule has 3 aromatic rings. The van der Waals surface area contributed by atoms with Crippen molar-refractivity contribution in [2.75, 3.05) is 0 Å². The van der Waals surface area contributed by atoms with Crippen LogP contribution in [0.2, 0.25) is 0 Å². The standard InChI is InChI=1S/C15H16F4.C9H7N3O2/c16-12-4-3-11(13(14(12)17)10-1-2-10)9-5-7-15(18,19)8-6-9;10-9(14)8-7-5(1-3-12-8)11-4-2-6(7)13/h3-4,9-10H,1-2,5-8H2;1-4H,(H2,10,14)(H,11,13). The van der Waals surface area contributed by atoms with Crippen LogP contribution in [0.1, 0.15) is 72.0 Å². The summed E-state index contributed by atoms with van der Waals surface area (Å²) in [6.07, 6.45) is 5.09. The Bertz CT molecular complexity index is 1240. The van der Waals surface area contributed by atoms with Crippen LogP contribution in [0.3, 0.4) is 0 Å². The van der Waals surface area contributed by atoms with E-state index >= 15 is 0 Å². The van der Waals surface area contributed by atoms with Crippen LogP contribution in [0.4, 0.5) is 17.6 Å². The summed E-state index contributed by atoms with van der Waals surface area (Å²) in [4.78, 5) is 29.0. The normalized spacial score (nSPS) is 17.9. The highest BCUT2D eigenvalue weighted by molar-refractivity contribution is 6.03. The number of aromatic nitrogens is 2. The van der Waals surface area contributed by atoms with Crippen LogP contribution in [0.5, 0.6) is 0 Å². The summed E-state index contributed by atoms with van der Waals surface area (Å²) in [5.74, 6) is -4.84.